The van der Waals surface area contributed by atoms with Crippen molar-refractivity contribution in [3.8, 4) is 17.1 Å². The van der Waals surface area contributed by atoms with E-state index in [-0.39, 0.29) is 17.3 Å². The van der Waals surface area contributed by atoms with Crippen LogP contribution >= 0.6 is 0 Å². The molecule has 4 rings (SSSR count). The van der Waals surface area contributed by atoms with E-state index in [2.05, 4.69) is 15.4 Å². The molecule has 0 atom stereocenters. The molecule has 0 radical (unpaired) electrons. The van der Waals surface area contributed by atoms with Gasteiger partial charge in [-0.15, -0.1) is 5.10 Å². The van der Waals surface area contributed by atoms with Crippen molar-refractivity contribution in [1.82, 2.24) is 14.8 Å². The second kappa shape index (κ2) is 7.87. The monoisotopic (exact) mass is 404 g/mol. The second-order valence-corrected chi connectivity index (χ2v) is 6.83. The van der Waals surface area contributed by atoms with Crippen LogP contribution in [0.1, 0.15) is 21.7 Å². The van der Waals surface area contributed by atoms with E-state index in [4.69, 9.17) is 0 Å². The van der Waals surface area contributed by atoms with Gasteiger partial charge < -0.3 is 5.32 Å². The summed E-state index contributed by atoms with van der Waals surface area (Å²) < 4.78 is 28.9. The minimum Gasteiger partial charge on any atom is -0.317 e. The molecule has 0 unspecified atom stereocenters. The molecule has 0 aliphatic rings. The Labute approximate surface area is 172 Å². The zero-order chi connectivity index (χ0) is 21.3. The van der Waals surface area contributed by atoms with Crippen LogP contribution in [0.4, 0.5) is 14.5 Å². The SMILES string of the molecule is Cc1cccc(-n2nc(C(=O)Nc3ccccc3F)nc2-c2ccc(F)cc2)c1C. The molecular formula is C23H18F2N4O. The number of halogens is 2. The number of hydrogen-bond acceptors (Lipinski definition) is 3. The van der Waals surface area contributed by atoms with Gasteiger partial charge in [0.2, 0.25) is 5.82 Å². The molecular weight excluding hydrogens is 386 g/mol. The highest BCUT2D eigenvalue weighted by molar-refractivity contribution is 6.01. The van der Waals surface area contributed by atoms with Crippen LogP contribution in [0.15, 0.2) is 66.7 Å². The maximum absolute atomic E-state index is 13.9. The maximum atomic E-state index is 13.9. The molecule has 1 N–H and O–H groups in total. The van der Waals surface area contributed by atoms with E-state index in [0.717, 1.165) is 16.8 Å². The van der Waals surface area contributed by atoms with Crippen LogP contribution in [0, 0.1) is 25.5 Å². The van der Waals surface area contributed by atoms with E-state index in [0.29, 0.717) is 11.4 Å². The molecule has 1 amide bonds. The third kappa shape index (κ3) is 3.69. The van der Waals surface area contributed by atoms with Crippen molar-refractivity contribution < 1.29 is 13.6 Å². The van der Waals surface area contributed by atoms with Gasteiger partial charge in [-0.05, 0) is 67.4 Å². The van der Waals surface area contributed by atoms with Crippen LogP contribution in [0.2, 0.25) is 0 Å². The molecule has 0 saturated carbocycles. The molecule has 0 saturated heterocycles. The first kappa shape index (κ1) is 19.4. The molecule has 0 aliphatic carbocycles. The number of nitrogens with zero attached hydrogens (tertiary/aromatic N) is 3. The molecule has 7 heteroatoms. The van der Waals surface area contributed by atoms with Crippen LogP contribution in [0.25, 0.3) is 17.1 Å². The minimum absolute atomic E-state index is 0.0360. The number of carbonyl (C=O) groups is 1. The fourth-order valence-electron chi connectivity index (χ4n) is 3.07. The average molecular weight is 404 g/mol. The Kier molecular flexibility index (Phi) is 5.10. The quantitative estimate of drug-likeness (QED) is 0.516. The van der Waals surface area contributed by atoms with Crippen molar-refractivity contribution in [3.05, 3.63) is 95.3 Å². The van der Waals surface area contributed by atoms with Gasteiger partial charge in [0.05, 0.1) is 11.4 Å². The van der Waals surface area contributed by atoms with Gasteiger partial charge in [-0.25, -0.2) is 18.4 Å². The fraction of sp³-hybridized carbons (Fsp3) is 0.0870. The first-order chi connectivity index (χ1) is 14.4. The van der Waals surface area contributed by atoms with Crippen molar-refractivity contribution in [2.75, 3.05) is 5.32 Å². The van der Waals surface area contributed by atoms with E-state index >= 15 is 0 Å². The van der Waals surface area contributed by atoms with Crippen molar-refractivity contribution >= 4 is 11.6 Å². The third-order valence-corrected chi connectivity index (χ3v) is 4.84. The number of anilines is 1. The van der Waals surface area contributed by atoms with Gasteiger partial charge >= 0.3 is 0 Å². The van der Waals surface area contributed by atoms with Crippen LogP contribution in [0.5, 0.6) is 0 Å². The normalized spacial score (nSPS) is 10.8. The van der Waals surface area contributed by atoms with E-state index in [1.807, 2.05) is 32.0 Å². The van der Waals surface area contributed by atoms with Gasteiger partial charge in [-0.2, -0.15) is 0 Å². The summed E-state index contributed by atoms with van der Waals surface area (Å²) in [6.45, 7) is 3.92. The van der Waals surface area contributed by atoms with Crippen LogP contribution in [-0.4, -0.2) is 20.7 Å². The number of benzene rings is 3. The Morgan fingerprint density at radius 2 is 1.67 bits per heavy atom. The largest absolute Gasteiger partial charge is 0.317 e. The number of aryl methyl sites for hydroxylation is 1. The molecule has 30 heavy (non-hydrogen) atoms. The molecule has 1 heterocycles. The number of nitrogens with one attached hydrogen (secondary N) is 1. The van der Waals surface area contributed by atoms with Crippen LogP contribution in [0.3, 0.4) is 0 Å². The average Bonchev–Trinajstić information content (AvgIpc) is 3.17. The summed E-state index contributed by atoms with van der Waals surface area (Å²) in [4.78, 5) is 17.1. The number of rotatable bonds is 4. The molecule has 0 aliphatic heterocycles. The van der Waals surface area contributed by atoms with Crippen LogP contribution < -0.4 is 5.32 Å². The molecule has 5 nitrogen and oxygen atoms in total. The Morgan fingerprint density at radius 1 is 0.933 bits per heavy atom. The van der Waals surface area contributed by atoms with Crippen molar-refractivity contribution in [2.24, 2.45) is 0 Å². The van der Waals surface area contributed by atoms with Gasteiger partial charge in [0, 0.05) is 5.56 Å². The number of hydrogen-bond donors (Lipinski definition) is 1. The Morgan fingerprint density at radius 3 is 2.40 bits per heavy atom. The summed E-state index contributed by atoms with van der Waals surface area (Å²) in [6.07, 6.45) is 0. The fourth-order valence-corrected chi connectivity index (χ4v) is 3.07. The predicted octanol–water partition coefficient (Wildman–Crippen LogP) is 5.08. The first-order valence-electron chi connectivity index (χ1n) is 9.29. The number of carbonyl (C=O) groups excluding carboxylic acids is 1. The zero-order valence-electron chi connectivity index (χ0n) is 16.4. The molecule has 1 aromatic heterocycles. The summed E-state index contributed by atoms with van der Waals surface area (Å²) in [7, 11) is 0. The van der Waals surface area contributed by atoms with E-state index < -0.39 is 11.7 Å². The van der Waals surface area contributed by atoms with E-state index in [9.17, 15) is 13.6 Å². The van der Waals surface area contributed by atoms with E-state index in [1.165, 1.54) is 30.3 Å². The Balaban J connectivity index is 1.81. The summed E-state index contributed by atoms with van der Waals surface area (Å²) in [5.74, 6) is -1.33. The highest BCUT2D eigenvalue weighted by Gasteiger charge is 2.21. The Hall–Kier alpha value is -3.87. The molecule has 150 valence electrons. The second-order valence-electron chi connectivity index (χ2n) is 6.83. The Bertz CT molecular complexity index is 1230. The molecule has 4 aromatic rings. The first-order valence-corrected chi connectivity index (χ1v) is 9.29. The standard InChI is InChI=1S/C23H18F2N4O/c1-14-6-5-9-20(15(14)2)29-22(16-10-12-17(24)13-11-16)27-21(28-29)23(30)26-19-8-4-3-7-18(19)25/h3-13H,1-2H3,(H,26,30). The lowest BCUT2D eigenvalue weighted by Crippen LogP contribution is -2.15. The minimum atomic E-state index is -0.646. The lowest BCUT2D eigenvalue weighted by molar-refractivity contribution is 0.101. The smallest absolute Gasteiger partial charge is 0.295 e. The predicted molar refractivity (Wildman–Crippen MR) is 111 cm³/mol. The summed E-state index contributed by atoms with van der Waals surface area (Å²) in [5, 5.41) is 6.88. The topological polar surface area (TPSA) is 59.8 Å². The van der Waals surface area contributed by atoms with Gasteiger partial charge in [0.15, 0.2) is 5.82 Å². The lowest BCUT2D eigenvalue weighted by Gasteiger charge is -2.11. The number of amides is 1. The summed E-state index contributed by atoms with van der Waals surface area (Å²) in [6, 6.07) is 17.3. The van der Waals surface area contributed by atoms with Crippen molar-refractivity contribution in [1.29, 1.82) is 0 Å². The highest BCUT2D eigenvalue weighted by atomic mass is 19.1. The zero-order valence-corrected chi connectivity index (χ0v) is 16.4. The highest BCUT2D eigenvalue weighted by Crippen LogP contribution is 2.25. The number of aromatic nitrogens is 3. The van der Waals surface area contributed by atoms with Gasteiger partial charge in [0.1, 0.15) is 11.6 Å². The third-order valence-electron chi connectivity index (χ3n) is 4.84. The molecule has 0 fully saturated rings. The summed E-state index contributed by atoms with van der Waals surface area (Å²) in [5.41, 5.74) is 3.38. The molecule has 3 aromatic carbocycles. The molecule has 0 spiro atoms. The van der Waals surface area contributed by atoms with Gasteiger partial charge in [-0.1, -0.05) is 24.3 Å². The van der Waals surface area contributed by atoms with Gasteiger partial charge in [0.25, 0.3) is 5.91 Å². The van der Waals surface area contributed by atoms with Gasteiger partial charge in [-0.3, -0.25) is 4.79 Å². The number of para-hydroxylation sites is 1. The van der Waals surface area contributed by atoms with Crippen LogP contribution in [-0.2, 0) is 0 Å². The van der Waals surface area contributed by atoms with Crippen molar-refractivity contribution in [2.45, 2.75) is 13.8 Å². The van der Waals surface area contributed by atoms with Crippen molar-refractivity contribution in [3.63, 3.8) is 0 Å². The lowest BCUT2D eigenvalue weighted by atomic mass is 10.1. The molecule has 0 bridgehead atoms. The summed E-state index contributed by atoms with van der Waals surface area (Å²) >= 11 is 0. The maximum Gasteiger partial charge on any atom is 0.295 e. The van der Waals surface area contributed by atoms with E-state index in [1.54, 1.807) is 22.9 Å².